The van der Waals surface area contributed by atoms with Crippen LogP contribution in [0, 0.1) is 0 Å². The highest BCUT2D eigenvalue weighted by atomic mass is 32.2. The summed E-state index contributed by atoms with van der Waals surface area (Å²) in [6, 6.07) is 0. The molecule has 2 aliphatic rings. The van der Waals surface area contributed by atoms with Crippen molar-refractivity contribution in [2.24, 2.45) is 0 Å². The summed E-state index contributed by atoms with van der Waals surface area (Å²) < 4.78 is 0.450. The van der Waals surface area contributed by atoms with Gasteiger partial charge >= 0.3 is 0 Å². The third-order valence-corrected chi connectivity index (χ3v) is 22.2. The van der Waals surface area contributed by atoms with E-state index in [1.165, 1.54) is 11.5 Å². The maximum atomic E-state index is 2.63. The fourth-order valence-electron chi connectivity index (χ4n) is 3.15. The van der Waals surface area contributed by atoms with E-state index in [4.69, 9.17) is 0 Å². The predicted octanol–water partition coefficient (Wildman–Crippen LogP) is 6.57. The monoisotopic (exact) mass is 358 g/mol. The van der Waals surface area contributed by atoms with E-state index in [0.29, 0.717) is 14.2 Å². The van der Waals surface area contributed by atoms with Gasteiger partial charge in [0.25, 0.3) is 0 Å². The molecule has 1 aliphatic heterocycles. The molecule has 1 aliphatic carbocycles. The lowest BCUT2D eigenvalue weighted by Crippen LogP contribution is -2.39. The maximum Gasteiger partial charge on any atom is 0.0963 e. The molecule has 0 amide bonds. The normalized spacial score (nSPS) is 23.1. The van der Waals surface area contributed by atoms with Crippen LogP contribution >= 0.6 is 23.5 Å². The topological polar surface area (TPSA) is 0 Å². The maximum absolute atomic E-state index is 2.63. The standard InChI is InChI=1S/C17H34S2Si2/c1-15(2,3)20(7,8)13-14(17(13)18-11-12-19-17)21(9,10)16(4,5)6/h11-12H2,1-10H3. The number of thioether (sulfide) groups is 2. The van der Waals surface area contributed by atoms with Gasteiger partial charge < -0.3 is 0 Å². The molecule has 122 valence electrons. The molecule has 0 bridgehead atoms. The van der Waals surface area contributed by atoms with E-state index in [0.717, 1.165) is 0 Å². The second-order valence-corrected chi connectivity index (χ2v) is 23.2. The molecule has 0 unspecified atom stereocenters. The van der Waals surface area contributed by atoms with Gasteiger partial charge in [0.1, 0.15) is 0 Å². The third-order valence-electron chi connectivity index (χ3n) is 6.54. The van der Waals surface area contributed by atoms with Crippen LogP contribution in [-0.4, -0.2) is 31.7 Å². The van der Waals surface area contributed by atoms with Crippen molar-refractivity contribution in [3.63, 3.8) is 0 Å². The van der Waals surface area contributed by atoms with Crippen molar-refractivity contribution in [2.45, 2.75) is 81.9 Å². The SMILES string of the molecule is CC(C)(C)[Si](C)(C)C1=C([Si](C)(C)C(C)(C)C)C12SCCS2. The molecular weight excluding hydrogens is 324 g/mol. The van der Waals surface area contributed by atoms with Crippen LogP contribution in [0.25, 0.3) is 0 Å². The summed E-state index contributed by atoms with van der Waals surface area (Å²) in [5.74, 6) is 2.70. The molecule has 0 radical (unpaired) electrons. The van der Waals surface area contributed by atoms with Gasteiger partial charge in [-0.05, 0) is 10.1 Å². The molecule has 4 heteroatoms. The molecule has 0 nitrogen and oxygen atoms in total. The van der Waals surface area contributed by atoms with Crippen LogP contribution < -0.4 is 0 Å². The van der Waals surface area contributed by atoms with Gasteiger partial charge in [-0.3, -0.25) is 0 Å². The third kappa shape index (κ3) is 2.56. The summed E-state index contributed by atoms with van der Waals surface area (Å²) in [6.45, 7) is 25.4. The van der Waals surface area contributed by atoms with Crippen LogP contribution in [0.2, 0.25) is 36.3 Å². The first-order valence-electron chi connectivity index (χ1n) is 8.24. The second-order valence-electron chi connectivity index (χ2n) is 9.81. The molecule has 0 aromatic rings. The summed E-state index contributed by atoms with van der Waals surface area (Å²) >= 11 is 4.54. The van der Waals surface area contributed by atoms with Crippen molar-refractivity contribution < 1.29 is 0 Å². The van der Waals surface area contributed by atoms with E-state index >= 15 is 0 Å². The molecule has 0 aromatic heterocycles. The molecule has 1 saturated heterocycles. The first kappa shape index (κ1) is 18.2. The molecule has 0 N–H and O–H groups in total. The summed E-state index contributed by atoms with van der Waals surface area (Å²) in [4.78, 5) is 0. The zero-order valence-electron chi connectivity index (χ0n) is 15.7. The van der Waals surface area contributed by atoms with Gasteiger partial charge in [0, 0.05) is 11.5 Å². The molecule has 1 heterocycles. The van der Waals surface area contributed by atoms with E-state index in [-0.39, 0.29) is 0 Å². The smallest absolute Gasteiger partial charge is 0.0963 e. The zero-order chi connectivity index (χ0) is 16.5. The van der Waals surface area contributed by atoms with E-state index < -0.39 is 16.1 Å². The van der Waals surface area contributed by atoms with Gasteiger partial charge in [-0.1, -0.05) is 78.1 Å². The molecule has 1 fully saturated rings. The Hall–Kier alpha value is 0.874. The highest BCUT2D eigenvalue weighted by Gasteiger charge is 2.68. The lowest BCUT2D eigenvalue weighted by Gasteiger charge is -2.37. The summed E-state index contributed by atoms with van der Waals surface area (Å²) in [5, 5.41) is 4.84. The van der Waals surface area contributed by atoms with Crippen molar-refractivity contribution in [2.75, 3.05) is 11.5 Å². The van der Waals surface area contributed by atoms with Gasteiger partial charge in [-0.15, -0.1) is 23.5 Å². The lowest BCUT2D eigenvalue weighted by atomic mass is 10.2. The van der Waals surface area contributed by atoms with Crippen molar-refractivity contribution in [3.8, 4) is 0 Å². The van der Waals surface area contributed by atoms with Crippen LogP contribution in [0.3, 0.4) is 0 Å². The molecule has 0 saturated carbocycles. The zero-order valence-corrected chi connectivity index (χ0v) is 19.4. The molecule has 21 heavy (non-hydrogen) atoms. The van der Waals surface area contributed by atoms with Crippen LogP contribution in [-0.2, 0) is 0 Å². The predicted molar refractivity (Wildman–Crippen MR) is 109 cm³/mol. The van der Waals surface area contributed by atoms with Gasteiger partial charge in [-0.25, -0.2) is 0 Å². The van der Waals surface area contributed by atoms with E-state index in [2.05, 4.69) is 91.3 Å². The fraction of sp³-hybridized carbons (Fsp3) is 0.882. The highest BCUT2D eigenvalue weighted by molar-refractivity contribution is 8.22. The Bertz CT molecular complexity index is 432. The van der Waals surface area contributed by atoms with E-state index in [1.807, 2.05) is 10.4 Å². The number of rotatable bonds is 2. The van der Waals surface area contributed by atoms with Gasteiger partial charge in [-0.2, -0.15) is 0 Å². The van der Waals surface area contributed by atoms with Crippen LogP contribution in [0.1, 0.15) is 41.5 Å². The first-order chi connectivity index (χ1) is 9.20. The average Bonchev–Trinajstić information content (AvgIpc) is 2.65. The van der Waals surface area contributed by atoms with Gasteiger partial charge in [0.2, 0.25) is 0 Å². The average molecular weight is 359 g/mol. The van der Waals surface area contributed by atoms with E-state index in [1.54, 1.807) is 0 Å². The summed E-state index contributed by atoms with van der Waals surface area (Å²) in [6.07, 6.45) is 0. The summed E-state index contributed by atoms with van der Waals surface area (Å²) in [7, 11) is -2.77. The molecule has 0 aromatic carbocycles. The minimum atomic E-state index is -1.39. The Balaban J connectivity index is 2.54. The van der Waals surface area contributed by atoms with Crippen molar-refractivity contribution in [3.05, 3.63) is 10.4 Å². The molecular formula is C17H34S2Si2. The minimum absolute atomic E-state index is 0.450. The largest absolute Gasteiger partial charge is 0.135 e. The van der Waals surface area contributed by atoms with Crippen LogP contribution in [0.15, 0.2) is 10.4 Å². The summed E-state index contributed by atoms with van der Waals surface area (Å²) in [5.41, 5.74) is 0. The van der Waals surface area contributed by atoms with Crippen molar-refractivity contribution in [1.29, 1.82) is 0 Å². The lowest BCUT2D eigenvalue weighted by molar-refractivity contribution is 0.725. The first-order valence-corrected chi connectivity index (χ1v) is 16.2. The quantitative estimate of drug-likeness (QED) is 0.512. The Morgan fingerprint density at radius 3 is 1.24 bits per heavy atom. The van der Waals surface area contributed by atoms with Crippen molar-refractivity contribution in [1.82, 2.24) is 0 Å². The second kappa shape index (κ2) is 4.93. The minimum Gasteiger partial charge on any atom is -0.135 e. The highest BCUT2D eigenvalue weighted by Crippen LogP contribution is 2.73. The molecule has 1 spiro atoms. The molecule has 0 atom stereocenters. The van der Waals surface area contributed by atoms with Gasteiger partial charge in [0.05, 0.1) is 20.2 Å². The Kier molecular flexibility index (Phi) is 4.28. The fourth-order valence-corrected chi connectivity index (χ4v) is 17.3. The van der Waals surface area contributed by atoms with Crippen LogP contribution in [0.4, 0.5) is 0 Å². The molecule has 2 rings (SSSR count). The number of hydrogen-bond donors (Lipinski definition) is 0. The van der Waals surface area contributed by atoms with Crippen LogP contribution in [0.5, 0.6) is 0 Å². The van der Waals surface area contributed by atoms with Crippen molar-refractivity contribution >= 4 is 39.7 Å². The van der Waals surface area contributed by atoms with E-state index in [9.17, 15) is 0 Å². The Morgan fingerprint density at radius 2 is 1.00 bits per heavy atom. The Morgan fingerprint density at radius 1 is 0.714 bits per heavy atom. The van der Waals surface area contributed by atoms with Gasteiger partial charge in [0.15, 0.2) is 0 Å². The Labute approximate surface area is 143 Å². The number of hydrogen-bond acceptors (Lipinski definition) is 2.